The number of hydrogen-bond donors (Lipinski definition) is 2. The number of nitrogens with zero attached hydrogens (tertiary/aromatic N) is 1. The van der Waals surface area contributed by atoms with E-state index < -0.39 is 29.5 Å². The highest BCUT2D eigenvalue weighted by Gasteiger charge is 2.37. The predicted molar refractivity (Wildman–Crippen MR) is 185 cm³/mol. The Bertz CT molecular complexity index is 1500. The van der Waals surface area contributed by atoms with Gasteiger partial charge in [-0.15, -0.1) is 0 Å². The molecule has 0 saturated carbocycles. The zero-order chi connectivity index (χ0) is 33.8. The van der Waals surface area contributed by atoms with Gasteiger partial charge in [-0.1, -0.05) is 103 Å². The Labute approximate surface area is 283 Å². The molecule has 3 aromatic carbocycles. The molecule has 47 heavy (non-hydrogen) atoms. The van der Waals surface area contributed by atoms with Gasteiger partial charge in [0.15, 0.2) is 0 Å². The number of carbonyl (C=O) groups excluding carboxylic acids is 3. The number of carbonyl (C=O) groups is 3. The summed E-state index contributed by atoms with van der Waals surface area (Å²) in [5.74, 6) is -0.953. The average Bonchev–Trinajstić information content (AvgIpc) is 3.54. The van der Waals surface area contributed by atoms with Gasteiger partial charge in [0.1, 0.15) is 12.6 Å². The number of ether oxygens (including phenoxy) is 2. The molecule has 4 rings (SSSR count). The van der Waals surface area contributed by atoms with Crippen molar-refractivity contribution in [2.75, 3.05) is 13.2 Å². The maximum absolute atomic E-state index is 14.1. The Hall–Kier alpha value is -3.98. The van der Waals surface area contributed by atoms with E-state index in [2.05, 4.69) is 5.32 Å². The first-order valence-electron chi connectivity index (χ1n) is 16.2. The third-order valence-corrected chi connectivity index (χ3v) is 8.59. The zero-order valence-electron chi connectivity index (χ0n) is 27.4. The topological polar surface area (TPSA) is 111 Å². The highest BCUT2D eigenvalue weighted by atomic mass is 35.5. The van der Waals surface area contributed by atoms with Crippen molar-refractivity contribution in [1.82, 2.24) is 10.2 Å². The Balaban J connectivity index is 1.51. The minimum Gasteiger partial charge on any atom is -0.465 e. The fourth-order valence-electron chi connectivity index (χ4n) is 5.68. The summed E-state index contributed by atoms with van der Waals surface area (Å²) in [5.41, 5.74) is 8.14. The fraction of sp³-hybridized carbons (Fsp3) is 0.395. The highest BCUT2D eigenvalue weighted by Crippen LogP contribution is 2.29. The second-order valence-corrected chi connectivity index (χ2v) is 13.1. The molecule has 0 bridgehead atoms. The van der Waals surface area contributed by atoms with Crippen LogP contribution in [0.25, 0.3) is 0 Å². The molecule has 5 atom stereocenters. The number of halogens is 1. The molecule has 8 nitrogen and oxygen atoms in total. The van der Waals surface area contributed by atoms with Crippen molar-refractivity contribution in [3.63, 3.8) is 0 Å². The van der Waals surface area contributed by atoms with Gasteiger partial charge in [-0.3, -0.25) is 14.4 Å². The lowest BCUT2D eigenvalue weighted by Crippen LogP contribution is -2.57. The third-order valence-electron chi connectivity index (χ3n) is 8.36. The van der Waals surface area contributed by atoms with E-state index in [9.17, 15) is 14.4 Å². The van der Waals surface area contributed by atoms with Crippen LogP contribution >= 0.6 is 11.6 Å². The van der Waals surface area contributed by atoms with Crippen LogP contribution in [0.2, 0.25) is 5.02 Å². The normalized spacial score (nSPS) is 17.9. The van der Waals surface area contributed by atoms with E-state index >= 15 is 0 Å². The van der Waals surface area contributed by atoms with Crippen molar-refractivity contribution in [2.24, 2.45) is 11.1 Å². The van der Waals surface area contributed by atoms with Crippen molar-refractivity contribution in [2.45, 2.75) is 77.3 Å². The first-order chi connectivity index (χ1) is 22.5. The van der Waals surface area contributed by atoms with Gasteiger partial charge in [0.2, 0.25) is 11.8 Å². The molecule has 0 aliphatic carbocycles. The summed E-state index contributed by atoms with van der Waals surface area (Å²) in [6.45, 7) is 6.40. The van der Waals surface area contributed by atoms with E-state index in [1.807, 2.05) is 104 Å². The summed E-state index contributed by atoms with van der Waals surface area (Å²) in [6.07, 6.45) is 5.79. The summed E-state index contributed by atoms with van der Waals surface area (Å²) in [7, 11) is 0. The van der Waals surface area contributed by atoms with Crippen molar-refractivity contribution in [1.29, 1.82) is 0 Å². The fourth-order valence-corrected chi connectivity index (χ4v) is 5.89. The van der Waals surface area contributed by atoms with E-state index in [4.69, 9.17) is 26.8 Å². The number of esters is 1. The Morgan fingerprint density at radius 1 is 1.00 bits per heavy atom. The zero-order valence-corrected chi connectivity index (χ0v) is 28.2. The molecular weight excluding hydrogens is 614 g/mol. The molecule has 9 heteroatoms. The molecule has 3 aromatic rings. The van der Waals surface area contributed by atoms with Crippen LogP contribution in [0.15, 0.2) is 97.1 Å². The maximum atomic E-state index is 14.1. The first-order valence-corrected chi connectivity index (χ1v) is 16.6. The monoisotopic (exact) mass is 659 g/mol. The van der Waals surface area contributed by atoms with Crippen molar-refractivity contribution in [3.8, 4) is 0 Å². The van der Waals surface area contributed by atoms with Gasteiger partial charge in [0, 0.05) is 17.0 Å². The van der Waals surface area contributed by atoms with Crippen LogP contribution in [0.5, 0.6) is 0 Å². The number of nitrogens with two attached hydrogens (primary N) is 1. The standard InChI is InChI=1S/C38H46ClN3O5/c1-27(40)36(44)41-35(28(2)46-25-30-14-8-5-9-15-30)37(45)42-21-11-18-33(42)19-20-38(3,24-31-16-10-17-32(39)22-31)26-47-34(43)23-29-12-6-4-7-13-29/h4-10,12-17,19-20,22,27-28,33,35H,11,18,21,23-26,40H2,1-3H3,(H,41,44)/b20-19+/t27-,28+,33-,35-,38-/m0/s1. The number of nitrogens with one attached hydrogen (secondary N) is 1. The van der Waals surface area contributed by atoms with Crippen LogP contribution in [0.1, 0.15) is 50.3 Å². The second kappa shape index (κ2) is 17.3. The van der Waals surface area contributed by atoms with E-state index in [-0.39, 0.29) is 30.9 Å². The van der Waals surface area contributed by atoms with Crippen LogP contribution in [-0.2, 0) is 43.3 Å². The Kier molecular flexibility index (Phi) is 13.2. The SMILES string of the molecule is C[C@H](N)C(=O)N[C@H](C(=O)N1CCC[C@H]1/C=C/[C@](C)(COC(=O)Cc1ccccc1)Cc1cccc(Cl)c1)[C@@H](C)OCc1ccccc1. The van der Waals surface area contributed by atoms with E-state index in [0.717, 1.165) is 29.5 Å². The molecule has 0 radical (unpaired) electrons. The van der Waals surface area contributed by atoms with Gasteiger partial charge >= 0.3 is 5.97 Å². The number of rotatable bonds is 15. The average molecular weight is 660 g/mol. The quantitative estimate of drug-likeness (QED) is 0.161. The molecule has 0 aromatic heterocycles. The van der Waals surface area contributed by atoms with Gasteiger partial charge in [0.05, 0.1) is 31.2 Å². The van der Waals surface area contributed by atoms with Crippen LogP contribution in [-0.4, -0.2) is 60.1 Å². The summed E-state index contributed by atoms with van der Waals surface area (Å²) < 4.78 is 11.9. The number of hydrogen-bond acceptors (Lipinski definition) is 6. The minimum atomic E-state index is -0.914. The number of likely N-dealkylation sites (tertiary alicyclic amines) is 1. The number of amides is 2. The molecular formula is C38H46ClN3O5. The van der Waals surface area contributed by atoms with E-state index in [1.165, 1.54) is 0 Å². The lowest BCUT2D eigenvalue weighted by Gasteiger charge is -2.32. The van der Waals surface area contributed by atoms with Crippen molar-refractivity contribution in [3.05, 3.63) is 119 Å². The van der Waals surface area contributed by atoms with Gasteiger partial charge in [-0.2, -0.15) is 0 Å². The molecule has 3 N–H and O–H groups in total. The molecule has 2 amide bonds. The lowest BCUT2D eigenvalue weighted by atomic mass is 9.83. The summed E-state index contributed by atoms with van der Waals surface area (Å²) in [5, 5.41) is 3.47. The van der Waals surface area contributed by atoms with Gasteiger partial charge in [-0.25, -0.2) is 0 Å². The third kappa shape index (κ3) is 11.1. The molecule has 1 aliphatic rings. The van der Waals surface area contributed by atoms with Gasteiger partial charge in [-0.05, 0) is 61.9 Å². The largest absolute Gasteiger partial charge is 0.465 e. The van der Waals surface area contributed by atoms with Crippen molar-refractivity contribution < 1.29 is 23.9 Å². The summed E-state index contributed by atoms with van der Waals surface area (Å²) in [6, 6.07) is 24.9. The Morgan fingerprint density at radius 2 is 1.66 bits per heavy atom. The first kappa shape index (κ1) is 35.9. The summed E-state index contributed by atoms with van der Waals surface area (Å²) in [4.78, 5) is 41.4. The molecule has 1 heterocycles. The second-order valence-electron chi connectivity index (χ2n) is 12.7. The Morgan fingerprint density at radius 3 is 2.32 bits per heavy atom. The number of benzene rings is 3. The smallest absolute Gasteiger partial charge is 0.310 e. The molecule has 1 saturated heterocycles. The molecule has 1 aliphatic heterocycles. The molecule has 0 unspecified atom stereocenters. The minimum absolute atomic E-state index is 0.153. The van der Waals surface area contributed by atoms with Gasteiger partial charge in [0.25, 0.3) is 0 Å². The van der Waals surface area contributed by atoms with Crippen molar-refractivity contribution >= 4 is 29.4 Å². The van der Waals surface area contributed by atoms with Crippen LogP contribution in [0.4, 0.5) is 0 Å². The summed E-state index contributed by atoms with van der Waals surface area (Å²) >= 11 is 6.30. The molecule has 0 spiro atoms. The maximum Gasteiger partial charge on any atom is 0.310 e. The van der Waals surface area contributed by atoms with Gasteiger partial charge < -0.3 is 25.4 Å². The highest BCUT2D eigenvalue weighted by molar-refractivity contribution is 6.30. The molecule has 250 valence electrons. The van der Waals surface area contributed by atoms with Crippen LogP contribution < -0.4 is 11.1 Å². The van der Waals surface area contributed by atoms with E-state index in [1.54, 1.807) is 18.7 Å². The predicted octanol–water partition coefficient (Wildman–Crippen LogP) is 5.66. The van der Waals surface area contributed by atoms with Crippen LogP contribution in [0, 0.1) is 5.41 Å². The van der Waals surface area contributed by atoms with E-state index in [0.29, 0.717) is 24.6 Å². The molecule has 1 fully saturated rings. The van der Waals surface area contributed by atoms with Crippen LogP contribution in [0.3, 0.4) is 0 Å². The lowest BCUT2D eigenvalue weighted by molar-refractivity contribution is -0.145.